The number of hydrogen-bond acceptors (Lipinski definition) is 3. The molecule has 0 aromatic carbocycles. The molecule has 0 unspecified atom stereocenters. The fourth-order valence-corrected chi connectivity index (χ4v) is 0.996. The highest BCUT2D eigenvalue weighted by atomic mass is 19.4. The van der Waals surface area contributed by atoms with Gasteiger partial charge in [0, 0.05) is 6.20 Å². The first kappa shape index (κ1) is 11.5. The Morgan fingerprint density at radius 2 is 2.20 bits per heavy atom. The van der Waals surface area contributed by atoms with Crippen molar-refractivity contribution in [2.45, 2.75) is 13.1 Å². The molecule has 0 aliphatic heterocycles. The van der Waals surface area contributed by atoms with Crippen LogP contribution in [0.4, 0.5) is 13.2 Å². The minimum atomic E-state index is -4.60. The second-order valence-electron chi connectivity index (χ2n) is 2.62. The van der Waals surface area contributed by atoms with Crippen molar-refractivity contribution >= 4 is 5.97 Å². The molecule has 0 spiro atoms. The molecule has 0 amide bonds. The topological polar surface area (TPSA) is 39.2 Å². The molecule has 3 nitrogen and oxygen atoms in total. The lowest BCUT2D eigenvalue weighted by Crippen LogP contribution is -2.16. The Kier molecular flexibility index (Phi) is 3.28. The predicted octanol–water partition coefficient (Wildman–Crippen LogP) is 2.28. The second-order valence-corrected chi connectivity index (χ2v) is 2.62. The Labute approximate surface area is 83.9 Å². The van der Waals surface area contributed by atoms with E-state index in [-0.39, 0.29) is 6.61 Å². The first-order valence-electron chi connectivity index (χ1n) is 4.16. The monoisotopic (exact) mass is 219 g/mol. The van der Waals surface area contributed by atoms with Gasteiger partial charge in [-0.2, -0.15) is 13.2 Å². The van der Waals surface area contributed by atoms with Gasteiger partial charge in [-0.15, -0.1) is 0 Å². The molecule has 0 aliphatic carbocycles. The number of alkyl halides is 3. The largest absolute Gasteiger partial charge is 0.461 e. The number of rotatable bonds is 2. The van der Waals surface area contributed by atoms with Crippen LogP contribution in [0.3, 0.4) is 0 Å². The zero-order valence-electron chi connectivity index (χ0n) is 7.84. The van der Waals surface area contributed by atoms with E-state index in [9.17, 15) is 18.0 Å². The van der Waals surface area contributed by atoms with Gasteiger partial charge in [0.25, 0.3) is 0 Å². The van der Waals surface area contributed by atoms with E-state index in [1.807, 2.05) is 0 Å². The van der Waals surface area contributed by atoms with Gasteiger partial charge in [0.05, 0.1) is 12.2 Å². The first-order valence-corrected chi connectivity index (χ1v) is 4.16. The molecule has 15 heavy (non-hydrogen) atoms. The minimum Gasteiger partial charge on any atom is -0.461 e. The summed E-state index contributed by atoms with van der Waals surface area (Å²) in [6, 6.07) is 1.91. The van der Waals surface area contributed by atoms with Crippen molar-refractivity contribution in [3.63, 3.8) is 0 Å². The summed E-state index contributed by atoms with van der Waals surface area (Å²) in [6.45, 7) is 1.51. The lowest BCUT2D eigenvalue weighted by atomic mass is 10.2. The van der Waals surface area contributed by atoms with E-state index in [4.69, 9.17) is 0 Å². The quantitative estimate of drug-likeness (QED) is 0.716. The molecule has 1 heterocycles. The number of halogens is 3. The Hall–Kier alpha value is -1.59. The van der Waals surface area contributed by atoms with Crippen molar-refractivity contribution in [3.05, 3.63) is 29.6 Å². The van der Waals surface area contributed by atoms with Crippen molar-refractivity contribution in [3.8, 4) is 0 Å². The van der Waals surface area contributed by atoms with Crippen molar-refractivity contribution in [1.29, 1.82) is 0 Å². The summed E-state index contributed by atoms with van der Waals surface area (Å²) < 4.78 is 41.7. The highest BCUT2D eigenvalue weighted by Gasteiger charge is 2.36. The number of aromatic nitrogens is 1. The predicted molar refractivity (Wildman–Crippen MR) is 45.2 cm³/mol. The molecular formula is C9H8F3NO2. The van der Waals surface area contributed by atoms with Gasteiger partial charge in [-0.3, -0.25) is 0 Å². The van der Waals surface area contributed by atoms with E-state index in [2.05, 4.69) is 9.72 Å². The third-order valence-corrected chi connectivity index (χ3v) is 1.58. The summed E-state index contributed by atoms with van der Waals surface area (Å²) in [5.41, 5.74) is -1.78. The summed E-state index contributed by atoms with van der Waals surface area (Å²) in [4.78, 5) is 14.5. The maximum Gasteiger partial charge on any atom is 0.418 e. The SMILES string of the molecule is CCOC(=O)c1ncccc1C(F)(F)F. The Morgan fingerprint density at radius 3 is 2.73 bits per heavy atom. The average Bonchev–Trinajstić information content (AvgIpc) is 2.17. The molecule has 0 aliphatic rings. The number of carbonyl (C=O) groups is 1. The number of esters is 1. The lowest BCUT2D eigenvalue weighted by molar-refractivity contribution is -0.138. The lowest BCUT2D eigenvalue weighted by Gasteiger charge is -2.10. The normalized spacial score (nSPS) is 11.2. The van der Waals surface area contributed by atoms with Gasteiger partial charge in [0.2, 0.25) is 0 Å². The van der Waals surface area contributed by atoms with Gasteiger partial charge in [0.1, 0.15) is 0 Å². The summed E-state index contributed by atoms with van der Waals surface area (Å²) in [5.74, 6) is -1.06. The highest BCUT2D eigenvalue weighted by molar-refractivity contribution is 5.89. The van der Waals surface area contributed by atoms with E-state index in [0.717, 1.165) is 18.3 Å². The van der Waals surface area contributed by atoms with E-state index in [1.165, 1.54) is 6.92 Å². The zero-order valence-corrected chi connectivity index (χ0v) is 7.84. The average molecular weight is 219 g/mol. The first-order chi connectivity index (χ1) is 6.96. The fourth-order valence-electron chi connectivity index (χ4n) is 0.996. The van der Waals surface area contributed by atoms with Crippen LogP contribution in [0.15, 0.2) is 18.3 Å². The molecule has 1 aromatic heterocycles. The molecule has 0 bridgehead atoms. The fraction of sp³-hybridized carbons (Fsp3) is 0.333. The Bertz CT molecular complexity index is 363. The van der Waals surface area contributed by atoms with Crippen LogP contribution in [0.2, 0.25) is 0 Å². The third-order valence-electron chi connectivity index (χ3n) is 1.58. The van der Waals surface area contributed by atoms with Crippen molar-refractivity contribution < 1.29 is 22.7 Å². The summed E-state index contributed by atoms with van der Waals surface area (Å²) in [6.07, 6.45) is -3.49. The molecule has 0 saturated carbocycles. The van der Waals surface area contributed by atoms with Crippen LogP contribution in [0.1, 0.15) is 23.0 Å². The molecular weight excluding hydrogens is 211 g/mol. The summed E-state index contributed by atoms with van der Waals surface area (Å²) in [5, 5.41) is 0. The van der Waals surface area contributed by atoms with E-state index in [0.29, 0.717) is 0 Å². The van der Waals surface area contributed by atoms with E-state index in [1.54, 1.807) is 0 Å². The van der Waals surface area contributed by atoms with E-state index < -0.39 is 23.4 Å². The van der Waals surface area contributed by atoms with Crippen LogP contribution in [0.5, 0.6) is 0 Å². The van der Waals surface area contributed by atoms with Crippen LogP contribution < -0.4 is 0 Å². The number of nitrogens with zero attached hydrogens (tertiary/aromatic N) is 1. The number of carbonyl (C=O) groups excluding carboxylic acids is 1. The summed E-state index contributed by atoms with van der Waals surface area (Å²) >= 11 is 0. The van der Waals surface area contributed by atoms with Gasteiger partial charge in [-0.05, 0) is 19.1 Å². The zero-order chi connectivity index (χ0) is 11.5. The molecule has 6 heteroatoms. The Morgan fingerprint density at radius 1 is 1.53 bits per heavy atom. The molecule has 0 N–H and O–H groups in total. The van der Waals surface area contributed by atoms with Crippen molar-refractivity contribution in [2.24, 2.45) is 0 Å². The van der Waals surface area contributed by atoms with Crippen molar-refractivity contribution in [2.75, 3.05) is 6.61 Å². The highest BCUT2D eigenvalue weighted by Crippen LogP contribution is 2.31. The Balaban J connectivity index is 3.12. The molecule has 0 fully saturated rings. The number of hydrogen-bond donors (Lipinski definition) is 0. The van der Waals surface area contributed by atoms with E-state index >= 15 is 0 Å². The van der Waals surface area contributed by atoms with Gasteiger partial charge in [-0.25, -0.2) is 9.78 Å². The van der Waals surface area contributed by atoms with Crippen LogP contribution >= 0.6 is 0 Å². The van der Waals surface area contributed by atoms with Crippen LogP contribution in [-0.2, 0) is 10.9 Å². The maximum absolute atomic E-state index is 12.4. The third kappa shape index (κ3) is 2.68. The van der Waals surface area contributed by atoms with Gasteiger partial charge >= 0.3 is 12.1 Å². The maximum atomic E-state index is 12.4. The summed E-state index contributed by atoms with van der Waals surface area (Å²) in [7, 11) is 0. The van der Waals surface area contributed by atoms with Crippen molar-refractivity contribution in [1.82, 2.24) is 4.98 Å². The minimum absolute atomic E-state index is 0.00665. The van der Waals surface area contributed by atoms with Crippen LogP contribution in [0.25, 0.3) is 0 Å². The van der Waals surface area contributed by atoms with Gasteiger partial charge in [-0.1, -0.05) is 0 Å². The molecule has 1 aromatic rings. The number of ether oxygens (including phenoxy) is 1. The smallest absolute Gasteiger partial charge is 0.418 e. The second kappa shape index (κ2) is 4.29. The van der Waals surface area contributed by atoms with Crippen LogP contribution in [-0.4, -0.2) is 17.6 Å². The standard InChI is InChI=1S/C9H8F3NO2/c1-2-15-8(14)7-6(9(10,11)12)4-3-5-13-7/h3-5H,2H2,1H3. The molecule has 0 saturated heterocycles. The van der Waals surface area contributed by atoms with Gasteiger partial charge < -0.3 is 4.74 Å². The van der Waals surface area contributed by atoms with Crippen LogP contribution in [0, 0.1) is 0 Å². The molecule has 0 radical (unpaired) electrons. The molecule has 1 rings (SSSR count). The number of pyridine rings is 1. The van der Waals surface area contributed by atoms with Gasteiger partial charge in [0.15, 0.2) is 5.69 Å². The molecule has 82 valence electrons. The molecule has 0 atom stereocenters.